The van der Waals surface area contributed by atoms with Gasteiger partial charge >= 0.3 is 5.92 Å². The fourth-order valence-corrected chi connectivity index (χ4v) is 7.71. The molecule has 0 aliphatic heterocycles. The SMILES string of the molecule is Cc1ccc(-c2ccc(C#CC(C)(C)O)nc2[C@H](Cc2cc(F)cc(F)c2)NC(=O)Cn2nc(C(F)F)c3c2C(F)(F)[C@@H]2C#C[C@H]32)c2c1c(NS(C)(=O)=O)nn2C. The number of hydrogen-bond acceptors (Lipinski definition) is 7. The van der Waals surface area contributed by atoms with Gasteiger partial charge in [-0.25, -0.2) is 31.0 Å². The number of carbonyl (C=O) groups is 1. The van der Waals surface area contributed by atoms with E-state index in [0.717, 1.165) is 18.4 Å². The van der Waals surface area contributed by atoms with Crippen LogP contribution in [0.4, 0.5) is 32.2 Å². The number of carbonyl (C=O) groups excluding carboxylic acids is 1. The van der Waals surface area contributed by atoms with E-state index in [1.165, 1.54) is 24.6 Å². The van der Waals surface area contributed by atoms with Crippen LogP contribution >= 0.6 is 0 Å². The first-order valence-electron chi connectivity index (χ1n) is 17.3. The van der Waals surface area contributed by atoms with Crippen molar-refractivity contribution in [2.24, 2.45) is 13.0 Å². The number of aryl methyl sites for hydroxylation is 2. The number of nitrogens with one attached hydrogen (secondary N) is 2. The van der Waals surface area contributed by atoms with E-state index in [0.29, 0.717) is 38.3 Å². The topological polar surface area (TPSA) is 144 Å². The smallest absolute Gasteiger partial charge is 0.304 e. The molecule has 0 bridgehead atoms. The molecule has 2 aliphatic rings. The minimum atomic E-state index is -3.78. The Labute approximate surface area is 322 Å². The minimum absolute atomic E-state index is 0.0298. The van der Waals surface area contributed by atoms with E-state index in [-0.39, 0.29) is 29.2 Å². The highest BCUT2D eigenvalue weighted by molar-refractivity contribution is 7.92. The number of rotatable bonds is 10. The second kappa shape index (κ2) is 14.0. The number of fused-ring (bicyclic) bond motifs is 4. The lowest BCUT2D eigenvalue weighted by Gasteiger charge is -2.24. The van der Waals surface area contributed by atoms with Crippen molar-refractivity contribution in [1.82, 2.24) is 29.9 Å². The normalized spacial score (nSPS) is 17.2. The fraction of sp³-hybridized carbons (Fsp3) is 0.333. The van der Waals surface area contributed by atoms with E-state index in [1.54, 1.807) is 32.2 Å². The van der Waals surface area contributed by atoms with Crippen LogP contribution in [0.5, 0.6) is 0 Å². The summed E-state index contributed by atoms with van der Waals surface area (Å²) in [5, 5.41) is 21.6. The van der Waals surface area contributed by atoms with E-state index < -0.39 is 86.9 Å². The Balaban J connectivity index is 1.39. The van der Waals surface area contributed by atoms with Crippen molar-refractivity contribution >= 4 is 32.7 Å². The molecular weight excluding hydrogens is 777 g/mol. The maximum Gasteiger partial charge on any atom is 0.304 e. The van der Waals surface area contributed by atoms with Crippen LogP contribution in [0.1, 0.15) is 71.7 Å². The van der Waals surface area contributed by atoms with Crippen molar-refractivity contribution in [2.75, 3.05) is 11.0 Å². The van der Waals surface area contributed by atoms with Crippen LogP contribution in [0.3, 0.4) is 0 Å². The van der Waals surface area contributed by atoms with E-state index in [1.807, 2.05) is 0 Å². The van der Waals surface area contributed by atoms with Crippen LogP contribution in [0.15, 0.2) is 42.5 Å². The third-order valence-electron chi connectivity index (χ3n) is 9.48. The zero-order chi connectivity index (χ0) is 41.4. The summed E-state index contributed by atoms with van der Waals surface area (Å²) in [4.78, 5) is 18.7. The average Bonchev–Trinajstić information content (AvgIpc) is 3.63. The number of pyridine rings is 1. The lowest BCUT2D eigenvalue weighted by molar-refractivity contribution is -0.123. The molecule has 3 atom stereocenters. The summed E-state index contributed by atoms with van der Waals surface area (Å²) >= 11 is 0. The van der Waals surface area contributed by atoms with Gasteiger partial charge in [0.1, 0.15) is 46.8 Å². The average molecular weight is 810 g/mol. The predicted molar refractivity (Wildman–Crippen MR) is 196 cm³/mol. The first-order valence-corrected chi connectivity index (χ1v) is 19.2. The van der Waals surface area contributed by atoms with Crippen LogP contribution in [-0.2, 0) is 40.8 Å². The summed E-state index contributed by atoms with van der Waals surface area (Å²) in [5.41, 5.74) is -1.65. The summed E-state index contributed by atoms with van der Waals surface area (Å²) in [5.74, 6) is 1.02. The van der Waals surface area contributed by atoms with Gasteiger partial charge < -0.3 is 10.4 Å². The Morgan fingerprint density at radius 2 is 1.74 bits per heavy atom. The molecule has 11 nitrogen and oxygen atoms in total. The molecule has 296 valence electrons. The number of alkyl halides is 4. The van der Waals surface area contributed by atoms with Gasteiger partial charge in [0.15, 0.2) is 5.82 Å². The molecule has 3 N–H and O–H groups in total. The Hall–Kier alpha value is -5.85. The number of aliphatic hydroxyl groups is 1. The van der Waals surface area contributed by atoms with Crippen LogP contribution in [0, 0.1) is 48.2 Å². The van der Waals surface area contributed by atoms with E-state index in [2.05, 4.69) is 43.9 Å². The van der Waals surface area contributed by atoms with Gasteiger partial charge in [0, 0.05) is 35.2 Å². The van der Waals surface area contributed by atoms with Crippen molar-refractivity contribution in [3.63, 3.8) is 0 Å². The van der Waals surface area contributed by atoms with Gasteiger partial charge in [0.25, 0.3) is 6.43 Å². The standard InChI is InChI=1S/C39H33F6N7O4S/c1-19-6-8-25(34-30(19)37(49-51(34)4)50-57(5,55)56)24-9-7-23(12-13-38(2,3)54)46-32(24)28(16-20-14-21(40)17-22(41)15-20)47-29(53)18-52-35-31(33(48-52)36(42)43)26-10-11-27(26)39(35,44)45/h6-9,14-15,17,26-28,36,54H,16,18H2,1-5H3,(H,47,53)(H,49,50)/t26-,27+,28-/m0/s1. The molecular formula is C39H33F6N7O4S. The Morgan fingerprint density at radius 3 is 2.35 bits per heavy atom. The molecule has 3 heterocycles. The lowest BCUT2D eigenvalue weighted by Crippen LogP contribution is -2.36. The minimum Gasteiger partial charge on any atom is -0.378 e. The van der Waals surface area contributed by atoms with Crippen molar-refractivity contribution < 1.29 is 44.7 Å². The molecule has 0 saturated heterocycles. The molecule has 57 heavy (non-hydrogen) atoms. The third kappa shape index (κ3) is 7.54. The molecule has 0 radical (unpaired) electrons. The second-order valence-electron chi connectivity index (χ2n) is 14.5. The zero-order valence-electron chi connectivity index (χ0n) is 30.8. The van der Waals surface area contributed by atoms with Gasteiger partial charge in [-0.1, -0.05) is 29.9 Å². The number of anilines is 1. The van der Waals surface area contributed by atoms with Crippen molar-refractivity contribution in [3.05, 3.63) is 93.6 Å². The number of hydrogen-bond donors (Lipinski definition) is 3. The van der Waals surface area contributed by atoms with Crippen LogP contribution < -0.4 is 10.0 Å². The molecule has 1 amide bonds. The lowest BCUT2D eigenvalue weighted by atomic mass is 9.84. The van der Waals surface area contributed by atoms with E-state index in [4.69, 9.17) is 4.98 Å². The fourth-order valence-electron chi connectivity index (χ4n) is 7.22. The highest BCUT2D eigenvalue weighted by Crippen LogP contribution is 2.57. The molecule has 2 aliphatic carbocycles. The maximum absolute atomic E-state index is 15.5. The van der Waals surface area contributed by atoms with Crippen molar-refractivity contribution in [2.45, 2.75) is 63.6 Å². The summed E-state index contributed by atoms with van der Waals surface area (Å²) < 4.78 is 117. The highest BCUT2D eigenvalue weighted by Gasteiger charge is 2.60. The Bertz CT molecular complexity index is 2720. The van der Waals surface area contributed by atoms with Crippen molar-refractivity contribution in [1.29, 1.82) is 0 Å². The first-order chi connectivity index (χ1) is 26.6. The molecule has 0 unspecified atom stereocenters. The Morgan fingerprint density at radius 1 is 1.05 bits per heavy atom. The molecule has 3 aromatic heterocycles. The Kier molecular flexibility index (Phi) is 9.65. The molecule has 0 spiro atoms. The summed E-state index contributed by atoms with van der Waals surface area (Å²) in [7, 11) is -2.20. The first kappa shape index (κ1) is 39.4. The predicted octanol–water partition coefficient (Wildman–Crippen LogP) is 5.77. The molecule has 18 heteroatoms. The van der Waals surface area contributed by atoms with Crippen LogP contribution in [0.25, 0.3) is 22.0 Å². The zero-order valence-corrected chi connectivity index (χ0v) is 31.7. The van der Waals surface area contributed by atoms with Gasteiger partial charge in [0.05, 0.1) is 29.4 Å². The summed E-state index contributed by atoms with van der Waals surface area (Å²) in [6.45, 7) is 3.67. The molecule has 0 fully saturated rings. The molecule has 0 saturated carbocycles. The number of sulfonamides is 1. The maximum atomic E-state index is 15.5. The number of benzene rings is 2. The van der Waals surface area contributed by atoms with Gasteiger partial charge in [-0.15, -0.1) is 0 Å². The summed E-state index contributed by atoms with van der Waals surface area (Å²) in [6, 6.07) is 7.90. The highest BCUT2D eigenvalue weighted by atomic mass is 32.2. The van der Waals surface area contributed by atoms with Gasteiger partial charge in [0.2, 0.25) is 15.9 Å². The molecule has 7 rings (SSSR count). The number of aromatic nitrogens is 5. The van der Waals surface area contributed by atoms with Crippen LogP contribution in [-0.4, -0.2) is 55.8 Å². The molecule has 2 aromatic carbocycles. The van der Waals surface area contributed by atoms with Gasteiger partial charge in [-0.05, 0) is 68.5 Å². The van der Waals surface area contributed by atoms with Crippen LogP contribution in [0.2, 0.25) is 0 Å². The van der Waals surface area contributed by atoms with E-state index in [9.17, 15) is 35.9 Å². The van der Waals surface area contributed by atoms with Gasteiger partial charge in [-0.2, -0.15) is 19.0 Å². The molecule has 5 aromatic rings. The number of halogens is 6. The largest absolute Gasteiger partial charge is 0.378 e. The third-order valence-corrected chi connectivity index (χ3v) is 10.0. The number of amides is 1. The summed E-state index contributed by atoms with van der Waals surface area (Å²) in [6.07, 6.45) is -2.60. The quantitative estimate of drug-likeness (QED) is 0.120. The van der Waals surface area contributed by atoms with Crippen molar-refractivity contribution in [3.8, 4) is 34.8 Å². The second-order valence-corrected chi connectivity index (χ2v) is 16.3. The van der Waals surface area contributed by atoms with E-state index >= 15 is 8.78 Å². The monoisotopic (exact) mass is 809 g/mol. The number of nitrogens with zero attached hydrogens (tertiary/aromatic N) is 5. The van der Waals surface area contributed by atoms with Gasteiger partial charge in [-0.3, -0.25) is 18.9 Å².